The standard InChI is InChI=1S/C23H22FN5O2/c1-14-25-11-8-21(26-14)29-13-17(30)12-18-19(29)6-7-20(27-18)23(9-10-23)28-22(31)15-2-4-16(24)5-3-15/h2-8,11,17,30H,9-10,12-13H2,1H3,(H,28,31). The summed E-state index contributed by atoms with van der Waals surface area (Å²) in [6.45, 7) is 2.25. The number of aliphatic hydroxyl groups excluding tert-OH is 1. The number of β-amino-alcohol motifs (C(OH)–C–C–N with tert-alkyl or cyclic N) is 1. The monoisotopic (exact) mass is 419 g/mol. The zero-order valence-corrected chi connectivity index (χ0v) is 17.0. The van der Waals surface area contributed by atoms with Gasteiger partial charge < -0.3 is 15.3 Å². The number of amides is 1. The van der Waals surface area contributed by atoms with Gasteiger partial charge in [-0.05, 0) is 62.2 Å². The molecule has 1 aromatic carbocycles. The third-order valence-corrected chi connectivity index (χ3v) is 5.80. The van der Waals surface area contributed by atoms with Gasteiger partial charge in [0.05, 0.1) is 35.3 Å². The van der Waals surface area contributed by atoms with Crippen LogP contribution >= 0.6 is 0 Å². The number of rotatable bonds is 4. The van der Waals surface area contributed by atoms with Crippen LogP contribution in [-0.2, 0) is 12.0 Å². The zero-order valence-electron chi connectivity index (χ0n) is 17.0. The first-order chi connectivity index (χ1) is 14.9. The van der Waals surface area contributed by atoms with E-state index in [1.165, 1.54) is 24.3 Å². The van der Waals surface area contributed by atoms with Crippen molar-refractivity contribution in [2.75, 3.05) is 11.4 Å². The fraction of sp³-hybridized carbons (Fsp3) is 0.304. The summed E-state index contributed by atoms with van der Waals surface area (Å²) in [6.07, 6.45) is 3.12. The molecule has 8 heteroatoms. The maximum Gasteiger partial charge on any atom is 0.252 e. The molecule has 0 saturated heterocycles. The molecule has 0 spiro atoms. The number of carbonyl (C=O) groups excluding carboxylic acids is 1. The van der Waals surface area contributed by atoms with Crippen molar-refractivity contribution in [3.63, 3.8) is 0 Å². The minimum atomic E-state index is -0.575. The molecule has 1 unspecified atom stereocenters. The third kappa shape index (κ3) is 3.74. The van der Waals surface area contributed by atoms with Crippen LogP contribution in [-0.4, -0.2) is 38.6 Å². The van der Waals surface area contributed by atoms with Crippen molar-refractivity contribution >= 4 is 17.4 Å². The molecule has 1 fully saturated rings. The molecular formula is C23H22FN5O2. The SMILES string of the molecule is Cc1nccc(N2CC(O)Cc3nc(C4(NC(=O)c5ccc(F)cc5)CC4)ccc32)n1. The van der Waals surface area contributed by atoms with Crippen LogP contribution in [0, 0.1) is 12.7 Å². The number of fused-ring (bicyclic) bond motifs is 1. The topological polar surface area (TPSA) is 91.2 Å². The van der Waals surface area contributed by atoms with Gasteiger partial charge in [-0.1, -0.05) is 0 Å². The maximum atomic E-state index is 13.2. The second kappa shape index (κ2) is 7.39. The number of nitrogens with one attached hydrogen (secondary N) is 1. The summed E-state index contributed by atoms with van der Waals surface area (Å²) in [6, 6.07) is 11.2. The van der Waals surface area contributed by atoms with Gasteiger partial charge in [0.15, 0.2) is 0 Å². The predicted molar refractivity (Wildman–Crippen MR) is 113 cm³/mol. The molecule has 31 heavy (non-hydrogen) atoms. The molecule has 1 saturated carbocycles. The highest BCUT2D eigenvalue weighted by atomic mass is 19.1. The molecule has 3 heterocycles. The Bertz CT molecular complexity index is 1150. The van der Waals surface area contributed by atoms with Crippen LogP contribution in [0.5, 0.6) is 0 Å². The van der Waals surface area contributed by atoms with E-state index in [9.17, 15) is 14.3 Å². The number of pyridine rings is 1. The van der Waals surface area contributed by atoms with Crippen LogP contribution < -0.4 is 10.2 Å². The van der Waals surface area contributed by atoms with Crippen molar-refractivity contribution in [1.29, 1.82) is 0 Å². The first-order valence-electron chi connectivity index (χ1n) is 10.3. The van der Waals surface area contributed by atoms with Gasteiger partial charge in [-0.25, -0.2) is 14.4 Å². The first kappa shape index (κ1) is 19.6. The first-order valence-corrected chi connectivity index (χ1v) is 10.3. The number of carbonyl (C=O) groups is 1. The Kier molecular flexibility index (Phi) is 4.66. The van der Waals surface area contributed by atoms with Gasteiger partial charge in [-0.2, -0.15) is 0 Å². The number of hydrogen-bond donors (Lipinski definition) is 2. The summed E-state index contributed by atoms with van der Waals surface area (Å²) < 4.78 is 13.2. The van der Waals surface area contributed by atoms with E-state index in [4.69, 9.17) is 4.98 Å². The van der Waals surface area contributed by atoms with Crippen molar-refractivity contribution in [3.05, 3.63) is 77.3 Å². The minimum absolute atomic E-state index is 0.254. The summed E-state index contributed by atoms with van der Waals surface area (Å²) in [5.74, 6) is 0.739. The number of benzene rings is 1. The number of anilines is 2. The third-order valence-electron chi connectivity index (χ3n) is 5.80. The fourth-order valence-corrected chi connectivity index (χ4v) is 4.03. The highest BCUT2D eigenvalue weighted by Gasteiger charge is 2.47. The molecule has 1 amide bonds. The predicted octanol–water partition coefficient (Wildman–Crippen LogP) is 2.79. The lowest BCUT2D eigenvalue weighted by atomic mass is 10.0. The van der Waals surface area contributed by atoms with Gasteiger partial charge in [0.2, 0.25) is 0 Å². The van der Waals surface area contributed by atoms with Gasteiger partial charge in [0.25, 0.3) is 5.91 Å². The lowest BCUT2D eigenvalue weighted by Gasteiger charge is -2.33. The number of aromatic nitrogens is 3. The molecule has 5 rings (SSSR count). The molecule has 2 N–H and O–H groups in total. The van der Waals surface area contributed by atoms with Gasteiger partial charge in [-0.3, -0.25) is 9.78 Å². The van der Waals surface area contributed by atoms with Gasteiger partial charge in [0, 0.05) is 18.2 Å². The molecule has 0 radical (unpaired) electrons. The van der Waals surface area contributed by atoms with E-state index in [0.29, 0.717) is 30.2 Å². The molecule has 1 aliphatic heterocycles. The summed E-state index contributed by atoms with van der Waals surface area (Å²) in [5, 5.41) is 13.5. The highest BCUT2D eigenvalue weighted by Crippen LogP contribution is 2.46. The van der Waals surface area contributed by atoms with E-state index in [2.05, 4.69) is 15.3 Å². The Morgan fingerprint density at radius 3 is 2.65 bits per heavy atom. The molecule has 1 atom stereocenters. The summed E-state index contributed by atoms with van der Waals surface area (Å²) in [5.41, 5.74) is 2.32. The van der Waals surface area contributed by atoms with Gasteiger partial charge >= 0.3 is 0 Å². The van der Waals surface area contributed by atoms with Crippen molar-refractivity contribution in [2.45, 2.75) is 37.8 Å². The molecular weight excluding hydrogens is 397 g/mol. The number of hydrogen-bond acceptors (Lipinski definition) is 6. The zero-order chi connectivity index (χ0) is 21.6. The van der Waals surface area contributed by atoms with Crippen LogP contribution in [0.3, 0.4) is 0 Å². The van der Waals surface area contributed by atoms with Crippen LogP contribution in [0.4, 0.5) is 15.9 Å². The van der Waals surface area contributed by atoms with E-state index < -0.39 is 11.6 Å². The van der Waals surface area contributed by atoms with Crippen molar-refractivity contribution in [2.24, 2.45) is 0 Å². The Morgan fingerprint density at radius 2 is 1.94 bits per heavy atom. The fourth-order valence-electron chi connectivity index (χ4n) is 4.03. The lowest BCUT2D eigenvalue weighted by Crippen LogP contribution is -2.38. The highest BCUT2D eigenvalue weighted by molar-refractivity contribution is 5.95. The van der Waals surface area contributed by atoms with E-state index >= 15 is 0 Å². The molecule has 3 aromatic rings. The van der Waals surface area contributed by atoms with Crippen molar-refractivity contribution in [1.82, 2.24) is 20.3 Å². The average molecular weight is 419 g/mol. The number of halogens is 1. The Labute approximate surface area is 179 Å². The largest absolute Gasteiger partial charge is 0.391 e. The second-order valence-corrected chi connectivity index (χ2v) is 8.14. The molecule has 2 aliphatic rings. The van der Waals surface area contributed by atoms with E-state index in [1.54, 1.807) is 6.20 Å². The van der Waals surface area contributed by atoms with Crippen LogP contribution in [0.25, 0.3) is 0 Å². The van der Waals surface area contributed by atoms with Gasteiger partial charge in [-0.15, -0.1) is 0 Å². The van der Waals surface area contributed by atoms with Crippen LogP contribution in [0.15, 0.2) is 48.7 Å². The minimum Gasteiger partial charge on any atom is -0.391 e. The molecule has 1 aliphatic carbocycles. The molecule has 2 aromatic heterocycles. The molecule has 7 nitrogen and oxygen atoms in total. The van der Waals surface area contributed by atoms with Crippen molar-refractivity contribution < 1.29 is 14.3 Å². The Balaban J connectivity index is 1.43. The lowest BCUT2D eigenvalue weighted by molar-refractivity contribution is 0.0929. The van der Waals surface area contributed by atoms with Crippen LogP contribution in [0.1, 0.15) is 40.4 Å². The maximum absolute atomic E-state index is 13.2. The summed E-state index contributed by atoms with van der Waals surface area (Å²) in [7, 11) is 0. The second-order valence-electron chi connectivity index (χ2n) is 8.14. The average Bonchev–Trinajstić information content (AvgIpc) is 3.53. The van der Waals surface area contributed by atoms with Gasteiger partial charge in [0.1, 0.15) is 17.5 Å². The molecule has 158 valence electrons. The van der Waals surface area contributed by atoms with Crippen LogP contribution in [0.2, 0.25) is 0 Å². The normalized spacial score (nSPS) is 18.9. The number of aliphatic hydroxyl groups is 1. The number of nitrogens with zero attached hydrogens (tertiary/aromatic N) is 4. The smallest absolute Gasteiger partial charge is 0.252 e. The Hall–Kier alpha value is -3.39. The van der Waals surface area contributed by atoms with E-state index in [-0.39, 0.29) is 11.7 Å². The number of aryl methyl sites for hydroxylation is 1. The van der Waals surface area contributed by atoms with Crippen molar-refractivity contribution in [3.8, 4) is 0 Å². The van der Waals surface area contributed by atoms with E-state index in [1.807, 2.05) is 30.0 Å². The quantitative estimate of drug-likeness (QED) is 0.676. The Morgan fingerprint density at radius 1 is 1.16 bits per heavy atom. The summed E-state index contributed by atoms with van der Waals surface area (Å²) >= 11 is 0. The molecule has 0 bridgehead atoms. The summed E-state index contributed by atoms with van der Waals surface area (Å²) in [4.78, 5) is 28.1. The van der Waals surface area contributed by atoms with E-state index in [0.717, 1.165) is 29.9 Å².